The standard InChI is InChI=1S/C34H30N2O3/c1-4-39-34(37)22-31(27-16-14-26(15-17-27)25-8-6-5-7-9-25)32-23-33(28-12-10-24(2)11-13-28)36(35-32)29-18-20-30(38-3)21-19-29/h5-23H,4H2,1-3H3/b31-22+. The molecule has 0 fully saturated rings. The molecule has 194 valence electrons. The highest BCUT2D eigenvalue weighted by atomic mass is 16.5. The first kappa shape index (κ1) is 25.7. The molecular weight excluding hydrogens is 484 g/mol. The minimum atomic E-state index is -0.407. The van der Waals surface area contributed by atoms with Gasteiger partial charge in [-0.25, -0.2) is 9.48 Å². The zero-order chi connectivity index (χ0) is 27.2. The fraction of sp³-hybridized carbons (Fsp3) is 0.118. The number of rotatable bonds is 8. The van der Waals surface area contributed by atoms with Crippen molar-refractivity contribution in [3.63, 3.8) is 0 Å². The lowest BCUT2D eigenvalue weighted by Crippen LogP contribution is -2.03. The predicted octanol–water partition coefficient (Wildman–Crippen LogP) is 7.52. The maximum Gasteiger partial charge on any atom is 0.331 e. The van der Waals surface area contributed by atoms with Gasteiger partial charge in [0.05, 0.1) is 30.8 Å². The summed E-state index contributed by atoms with van der Waals surface area (Å²) >= 11 is 0. The normalized spacial score (nSPS) is 11.3. The second-order valence-corrected chi connectivity index (χ2v) is 9.14. The summed E-state index contributed by atoms with van der Waals surface area (Å²) in [5.41, 5.74) is 8.44. The van der Waals surface area contributed by atoms with E-state index in [0.717, 1.165) is 39.4 Å². The highest BCUT2D eigenvalue weighted by Gasteiger charge is 2.18. The molecule has 0 saturated carbocycles. The second kappa shape index (κ2) is 11.7. The SMILES string of the molecule is CCOC(=O)/C=C(\c1ccc(-c2ccccc2)cc1)c1cc(-c2ccc(C)cc2)n(-c2ccc(OC)cc2)n1. The fourth-order valence-electron chi connectivity index (χ4n) is 4.44. The summed E-state index contributed by atoms with van der Waals surface area (Å²) in [4.78, 5) is 12.7. The molecular formula is C34H30N2O3. The lowest BCUT2D eigenvalue weighted by atomic mass is 9.98. The van der Waals surface area contributed by atoms with Crippen LogP contribution in [0.5, 0.6) is 5.75 Å². The lowest BCUT2D eigenvalue weighted by molar-refractivity contribution is -0.137. The zero-order valence-corrected chi connectivity index (χ0v) is 22.3. The number of nitrogens with zero attached hydrogens (tertiary/aromatic N) is 2. The van der Waals surface area contributed by atoms with Crippen molar-refractivity contribution in [3.05, 3.63) is 132 Å². The van der Waals surface area contributed by atoms with Gasteiger partial charge in [-0.15, -0.1) is 0 Å². The average molecular weight is 515 g/mol. The van der Waals surface area contributed by atoms with Gasteiger partial charge >= 0.3 is 5.97 Å². The minimum Gasteiger partial charge on any atom is -0.497 e. The molecule has 0 spiro atoms. The molecule has 0 aliphatic rings. The Hall–Kier alpha value is -4.90. The van der Waals surface area contributed by atoms with Crippen LogP contribution in [0.3, 0.4) is 0 Å². The molecule has 0 aliphatic carbocycles. The molecule has 1 heterocycles. The lowest BCUT2D eigenvalue weighted by Gasteiger charge is -2.09. The molecule has 4 aromatic carbocycles. The molecule has 0 unspecified atom stereocenters. The number of carbonyl (C=O) groups is 1. The van der Waals surface area contributed by atoms with Crippen molar-refractivity contribution in [2.75, 3.05) is 13.7 Å². The van der Waals surface area contributed by atoms with Crippen LogP contribution in [0.4, 0.5) is 0 Å². The van der Waals surface area contributed by atoms with Gasteiger partial charge in [0, 0.05) is 17.2 Å². The molecule has 5 rings (SSSR count). The number of ether oxygens (including phenoxy) is 2. The van der Waals surface area contributed by atoms with E-state index in [4.69, 9.17) is 14.6 Å². The van der Waals surface area contributed by atoms with Crippen molar-refractivity contribution >= 4 is 11.5 Å². The Bertz CT molecular complexity index is 1580. The number of aromatic nitrogens is 2. The Morgan fingerprint density at radius 2 is 1.46 bits per heavy atom. The quantitative estimate of drug-likeness (QED) is 0.159. The van der Waals surface area contributed by atoms with Crippen molar-refractivity contribution in [1.29, 1.82) is 0 Å². The third-order valence-corrected chi connectivity index (χ3v) is 6.50. The summed E-state index contributed by atoms with van der Waals surface area (Å²) in [5.74, 6) is 0.361. The van der Waals surface area contributed by atoms with Crippen molar-refractivity contribution < 1.29 is 14.3 Å². The molecule has 1 aromatic heterocycles. The number of hydrogen-bond acceptors (Lipinski definition) is 4. The van der Waals surface area contributed by atoms with E-state index in [9.17, 15) is 4.79 Å². The third kappa shape index (κ3) is 5.83. The van der Waals surface area contributed by atoms with Crippen LogP contribution in [0, 0.1) is 6.92 Å². The second-order valence-electron chi connectivity index (χ2n) is 9.14. The first-order valence-corrected chi connectivity index (χ1v) is 12.9. The maximum absolute atomic E-state index is 12.7. The molecule has 0 N–H and O–H groups in total. The average Bonchev–Trinajstić information content (AvgIpc) is 3.42. The van der Waals surface area contributed by atoms with Crippen molar-refractivity contribution in [2.45, 2.75) is 13.8 Å². The summed E-state index contributed by atoms with van der Waals surface area (Å²) in [6.45, 7) is 4.16. The Morgan fingerprint density at radius 1 is 0.821 bits per heavy atom. The van der Waals surface area contributed by atoms with E-state index in [-0.39, 0.29) is 0 Å². The summed E-state index contributed by atoms with van der Waals surface area (Å²) in [6.07, 6.45) is 1.53. The molecule has 0 aliphatic heterocycles. The summed E-state index contributed by atoms with van der Waals surface area (Å²) in [5, 5.41) is 5.01. The van der Waals surface area contributed by atoms with Crippen LogP contribution in [0.1, 0.15) is 23.7 Å². The predicted molar refractivity (Wildman–Crippen MR) is 156 cm³/mol. The van der Waals surface area contributed by atoms with Crippen LogP contribution in [0.25, 0.3) is 33.6 Å². The molecule has 0 bridgehead atoms. The van der Waals surface area contributed by atoms with Gasteiger partial charge in [-0.1, -0.05) is 84.4 Å². The van der Waals surface area contributed by atoms with Gasteiger partial charge in [-0.2, -0.15) is 5.10 Å². The number of benzene rings is 4. The number of aryl methyl sites for hydroxylation is 1. The van der Waals surface area contributed by atoms with Gasteiger partial charge in [0.1, 0.15) is 5.75 Å². The first-order chi connectivity index (χ1) is 19.1. The third-order valence-electron chi connectivity index (χ3n) is 6.50. The van der Waals surface area contributed by atoms with Crippen molar-refractivity contribution in [2.24, 2.45) is 0 Å². The highest BCUT2D eigenvalue weighted by Crippen LogP contribution is 2.32. The van der Waals surface area contributed by atoms with E-state index in [1.165, 1.54) is 11.6 Å². The Balaban J connectivity index is 1.64. The van der Waals surface area contributed by atoms with E-state index in [0.29, 0.717) is 17.9 Å². The van der Waals surface area contributed by atoms with Gasteiger partial charge in [0.15, 0.2) is 0 Å². The van der Waals surface area contributed by atoms with E-state index < -0.39 is 5.97 Å². The van der Waals surface area contributed by atoms with Gasteiger partial charge in [-0.05, 0) is 60.9 Å². The van der Waals surface area contributed by atoms with Gasteiger partial charge in [0.2, 0.25) is 0 Å². The number of hydrogen-bond donors (Lipinski definition) is 0. The van der Waals surface area contributed by atoms with Crippen molar-refractivity contribution in [3.8, 4) is 33.8 Å². The van der Waals surface area contributed by atoms with Crippen LogP contribution < -0.4 is 4.74 Å². The number of esters is 1. The molecule has 5 heteroatoms. The largest absolute Gasteiger partial charge is 0.497 e. The zero-order valence-electron chi connectivity index (χ0n) is 22.3. The molecule has 5 nitrogen and oxygen atoms in total. The Labute approximate surface area is 229 Å². The number of carbonyl (C=O) groups excluding carboxylic acids is 1. The van der Waals surface area contributed by atoms with Crippen LogP contribution in [0.15, 0.2) is 115 Å². The van der Waals surface area contributed by atoms with E-state index in [2.05, 4.69) is 55.5 Å². The topological polar surface area (TPSA) is 53.4 Å². The first-order valence-electron chi connectivity index (χ1n) is 12.9. The fourth-order valence-corrected chi connectivity index (χ4v) is 4.44. The molecule has 0 saturated heterocycles. The molecule has 0 atom stereocenters. The summed E-state index contributed by atoms with van der Waals surface area (Å²) in [7, 11) is 1.65. The molecule has 5 aromatic rings. The van der Waals surface area contributed by atoms with Crippen LogP contribution >= 0.6 is 0 Å². The van der Waals surface area contributed by atoms with Crippen LogP contribution in [-0.4, -0.2) is 29.5 Å². The van der Waals surface area contributed by atoms with Crippen LogP contribution in [0.2, 0.25) is 0 Å². The monoisotopic (exact) mass is 514 g/mol. The molecule has 39 heavy (non-hydrogen) atoms. The smallest absolute Gasteiger partial charge is 0.331 e. The van der Waals surface area contributed by atoms with Crippen molar-refractivity contribution in [1.82, 2.24) is 9.78 Å². The van der Waals surface area contributed by atoms with E-state index in [1.807, 2.05) is 65.3 Å². The van der Waals surface area contributed by atoms with Gasteiger partial charge < -0.3 is 9.47 Å². The Morgan fingerprint density at radius 3 is 2.10 bits per heavy atom. The van der Waals surface area contributed by atoms with Gasteiger partial charge in [-0.3, -0.25) is 0 Å². The molecule has 0 radical (unpaired) electrons. The summed E-state index contributed by atoms with van der Waals surface area (Å²) < 4.78 is 12.5. The summed E-state index contributed by atoms with van der Waals surface area (Å²) in [6, 6.07) is 36.5. The number of methoxy groups -OCH3 is 1. The van der Waals surface area contributed by atoms with E-state index in [1.54, 1.807) is 14.0 Å². The highest BCUT2D eigenvalue weighted by molar-refractivity contribution is 5.96. The maximum atomic E-state index is 12.7. The van der Waals surface area contributed by atoms with Crippen LogP contribution in [-0.2, 0) is 9.53 Å². The van der Waals surface area contributed by atoms with Gasteiger partial charge in [0.25, 0.3) is 0 Å². The molecule has 0 amide bonds. The Kier molecular flexibility index (Phi) is 7.69. The van der Waals surface area contributed by atoms with E-state index >= 15 is 0 Å². The minimum absolute atomic E-state index is 0.296.